The van der Waals surface area contributed by atoms with E-state index in [0.717, 1.165) is 18.7 Å². The number of carbonyl (C=O) groups excluding carboxylic acids is 1. The summed E-state index contributed by atoms with van der Waals surface area (Å²) in [5.41, 5.74) is 3.37. The van der Waals surface area contributed by atoms with Crippen LogP contribution in [-0.4, -0.2) is 35.3 Å². The fraction of sp³-hybridized carbons (Fsp3) is 0.350. The molecular formula is C20H23FN2O. The fourth-order valence-corrected chi connectivity index (χ4v) is 3.12. The number of carbonyl (C=O) groups is 1. The Balaban J connectivity index is 1.63. The van der Waals surface area contributed by atoms with E-state index in [9.17, 15) is 9.18 Å². The standard InChI is InChI=1S/C20H23FN2O/c1-16-5-2-3-7-18(16)15-23-12-11-22(10-9-20(23)24)14-17-6-4-8-19(21)13-17/h2-8,13H,9-12,14-15H2,1H3. The highest BCUT2D eigenvalue weighted by Gasteiger charge is 2.21. The van der Waals surface area contributed by atoms with Crippen LogP contribution in [0.3, 0.4) is 0 Å². The van der Waals surface area contributed by atoms with Gasteiger partial charge in [-0.2, -0.15) is 0 Å². The lowest BCUT2D eigenvalue weighted by Gasteiger charge is -2.23. The molecule has 3 nitrogen and oxygen atoms in total. The second-order valence-corrected chi connectivity index (χ2v) is 6.40. The zero-order valence-electron chi connectivity index (χ0n) is 14.0. The van der Waals surface area contributed by atoms with Crippen LogP contribution < -0.4 is 0 Å². The van der Waals surface area contributed by atoms with Crippen LogP contribution in [0.1, 0.15) is 23.1 Å². The second-order valence-electron chi connectivity index (χ2n) is 6.40. The summed E-state index contributed by atoms with van der Waals surface area (Å²) in [6.45, 7) is 5.67. The van der Waals surface area contributed by atoms with E-state index in [1.54, 1.807) is 12.1 Å². The Kier molecular flexibility index (Phi) is 5.26. The van der Waals surface area contributed by atoms with Gasteiger partial charge in [0, 0.05) is 39.1 Å². The Hall–Kier alpha value is -2.20. The van der Waals surface area contributed by atoms with E-state index in [1.165, 1.54) is 17.2 Å². The van der Waals surface area contributed by atoms with Crippen molar-refractivity contribution in [3.8, 4) is 0 Å². The van der Waals surface area contributed by atoms with Crippen molar-refractivity contribution in [1.82, 2.24) is 9.80 Å². The van der Waals surface area contributed by atoms with Crippen LogP contribution in [0.25, 0.3) is 0 Å². The molecule has 1 heterocycles. The first-order valence-corrected chi connectivity index (χ1v) is 8.41. The van der Waals surface area contributed by atoms with Gasteiger partial charge in [-0.3, -0.25) is 9.69 Å². The number of nitrogens with zero attached hydrogens (tertiary/aromatic N) is 2. The molecule has 0 aromatic heterocycles. The van der Waals surface area contributed by atoms with E-state index in [-0.39, 0.29) is 11.7 Å². The zero-order valence-corrected chi connectivity index (χ0v) is 14.0. The lowest BCUT2D eigenvalue weighted by atomic mass is 10.1. The predicted molar refractivity (Wildman–Crippen MR) is 92.9 cm³/mol. The zero-order chi connectivity index (χ0) is 16.9. The van der Waals surface area contributed by atoms with Gasteiger partial charge in [0.25, 0.3) is 0 Å². The molecule has 0 N–H and O–H groups in total. The van der Waals surface area contributed by atoms with Gasteiger partial charge in [0.05, 0.1) is 0 Å². The highest BCUT2D eigenvalue weighted by molar-refractivity contribution is 5.76. The molecule has 126 valence electrons. The van der Waals surface area contributed by atoms with Gasteiger partial charge in [0.1, 0.15) is 5.82 Å². The van der Waals surface area contributed by atoms with E-state index in [0.29, 0.717) is 26.1 Å². The maximum Gasteiger partial charge on any atom is 0.224 e. The minimum Gasteiger partial charge on any atom is -0.337 e. The van der Waals surface area contributed by atoms with Gasteiger partial charge < -0.3 is 4.90 Å². The molecule has 0 atom stereocenters. The van der Waals surface area contributed by atoms with E-state index in [1.807, 2.05) is 23.1 Å². The molecule has 4 heteroatoms. The van der Waals surface area contributed by atoms with Crippen molar-refractivity contribution in [3.63, 3.8) is 0 Å². The molecule has 0 bridgehead atoms. The number of amides is 1. The summed E-state index contributed by atoms with van der Waals surface area (Å²) in [4.78, 5) is 16.6. The van der Waals surface area contributed by atoms with Crippen molar-refractivity contribution in [3.05, 3.63) is 71.0 Å². The molecule has 3 rings (SSSR count). The van der Waals surface area contributed by atoms with Crippen molar-refractivity contribution in [1.29, 1.82) is 0 Å². The summed E-state index contributed by atoms with van der Waals surface area (Å²) in [5.74, 6) is -0.0143. The average molecular weight is 326 g/mol. The van der Waals surface area contributed by atoms with Crippen molar-refractivity contribution in [2.75, 3.05) is 19.6 Å². The number of benzene rings is 2. The molecule has 2 aromatic carbocycles. The molecule has 0 spiro atoms. The summed E-state index contributed by atoms with van der Waals surface area (Å²) < 4.78 is 13.3. The topological polar surface area (TPSA) is 23.6 Å². The molecule has 1 saturated heterocycles. The maximum atomic E-state index is 13.3. The highest BCUT2D eigenvalue weighted by atomic mass is 19.1. The number of aryl methyl sites for hydroxylation is 1. The van der Waals surface area contributed by atoms with Crippen molar-refractivity contribution >= 4 is 5.91 Å². The molecule has 2 aromatic rings. The minimum absolute atomic E-state index is 0.194. The van der Waals surface area contributed by atoms with Crippen LogP contribution in [0.2, 0.25) is 0 Å². The quantitative estimate of drug-likeness (QED) is 0.860. The Morgan fingerprint density at radius 2 is 1.83 bits per heavy atom. The van der Waals surface area contributed by atoms with Gasteiger partial charge in [0.2, 0.25) is 5.91 Å². The van der Waals surface area contributed by atoms with Crippen LogP contribution in [-0.2, 0) is 17.9 Å². The summed E-state index contributed by atoms with van der Waals surface area (Å²) in [6.07, 6.45) is 0.515. The van der Waals surface area contributed by atoms with E-state index in [4.69, 9.17) is 0 Å². The Morgan fingerprint density at radius 1 is 1.00 bits per heavy atom. The Morgan fingerprint density at radius 3 is 2.62 bits per heavy atom. The van der Waals surface area contributed by atoms with Crippen LogP contribution in [0.5, 0.6) is 0 Å². The monoisotopic (exact) mass is 326 g/mol. The molecule has 0 saturated carbocycles. The third-order valence-electron chi connectivity index (χ3n) is 4.60. The molecule has 0 radical (unpaired) electrons. The lowest BCUT2D eigenvalue weighted by Crippen LogP contribution is -2.33. The number of rotatable bonds is 4. The van der Waals surface area contributed by atoms with Crippen molar-refractivity contribution in [2.45, 2.75) is 26.4 Å². The first-order chi connectivity index (χ1) is 11.6. The van der Waals surface area contributed by atoms with E-state index in [2.05, 4.69) is 24.0 Å². The second kappa shape index (κ2) is 7.58. The maximum absolute atomic E-state index is 13.3. The van der Waals surface area contributed by atoms with Crippen LogP contribution in [0.4, 0.5) is 4.39 Å². The van der Waals surface area contributed by atoms with Gasteiger partial charge in [-0.25, -0.2) is 4.39 Å². The van der Waals surface area contributed by atoms with Gasteiger partial charge in [-0.15, -0.1) is 0 Å². The van der Waals surface area contributed by atoms with Crippen LogP contribution in [0, 0.1) is 12.7 Å². The molecule has 0 aliphatic carbocycles. The van der Waals surface area contributed by atoms with Crippen molar-refractivity contribution < 1.29 is 9.18 Å². The van der Waals surface area contributed by atoms with E-state index < -0.39 is 0 Å². The molecule has 0 unspecified atom stereocenters. The molecule has 1 fully saturated rings. The van der Waals surface area contributed by atoms with Crippen LogP contribution >= 0.6 is 0 Å². The fourth-order valence-electron chi connectivity index (χ4n) is 3.12. The highest BCUT2D eigenvalue weighted by Crippen LogP contribution is 2.15. The minimum atomic E-state index is -0.209. The first kappa shape index (κ1) is 16.7. The van der Waals surface area contributed by atoms with Gasteiger partial charge >= 0.3 is 0 Å². The predicted octanol–water partition coefficient (Wildman–Crippen LogP) is 3.37. The van der Waals surface area contributed by atoms with Crippen molar-refractivity contribution in [2.24, 2.45) is 0 Å². The summed E-state index contributed by atoms with van der Waals surface area (Å²) >= 11 is 0. The Bertz CT molecular complexity index is 716. The summed E-state index contributed by atoms with van der Waals surface area (Å²) in [7, 11) is 0. The lowest BCUT2D eigenvalue weighted by molar-refractivity contribution is -0.130. The summed E-state index contributed by atoms with van der Waals surface area (Å²) in [6, 6.07) is 14.9. The molecule has 1 aliphatic rings. The number of hydrogen-bond acceptors (Lipinski definition) is 2. The van der Waals surface area contributed by atoms with Crippen LogP contribution in [0.15, 0.2) is 48.5 Å². The normalized spacial score (nSPS) is 16.2. The third kappa shape index (κ3) is 4.20. The average Bonchev–Trinajstić information content (AvgIpc) is 2.73. The third-order valence-corrected chi connectivity index (χ3v) is 4.60. The Labute approximate surface area is 142 Å². The molecule has 1 amide bonds. The smallest absolute Gasteiger partial charge is 0.224 e. The number of halogens is 1. The summed E-state index contributed by atoms with van der Waals surface area (Å²) in [5, 5.41) is 0. The molecular weight excluding hydrogens is 303 g/mol. The van der Waals surface area contributed by atoms with E-state index >= 15 is 0 Å². The largest absolute Gasteiger partial charge is 0.337 e. The SMILES string of the molecule is Cc1ccccc1CN1CCN(Cc2cccc(F)c2)CCC1=O. The van der Waals surface area contributed by atoms with Gasteiger partial charge in [0.15, 0.2) is 0 Å². The first-order valence-electron chi connectivity index (χ1n) is 8.41. The molecule has 1 aliphatic heterocycles. The molecule has 24 heavy (non-hydrogen) atoms. The number of hydrogen-bond donors (Lipinski definition) is 0. The van der Waals surface area contributed by atoms with Gasteiger partial charge in [-0.1, -0.05) is 36.4 Å². The van der Waals surface area contributed by atoms with Gasteiger partial charge in [-0.05, 0) is 35.7 Å².